The molecule has 1 aromatic heterocycles. The van der Waals surface area contributed by atoms with Gasteiger partial charge >= 0.3 is 0 Å². The fourth-order valence-electron chi connectivity index (χ4n) is 2.93. The van der Waals surface area contributed by atoms with Crippen LogP contribution in [0, 0.1) is 0 Å². The van der Waals surface area contributed by atoms with E-state index in [-0.39, 0.29) is 5.41 Å². The lowest BCUT2D eigenvalue weighted by Crippen LogP contribution is -2.14. The molecule has 5 heteroatoms. The molecule has 0 radical (unpaired) electrons. The van der Waals surface area contributed by atoms with Gasteiger partial charge in [-0.2, -0.15) is 4.37 Å². The van der Waals surface area contributed by atoms with E-state index in [1.54, 1.807) is 7.11 Å². The number of methoxy groups -OCH3 is 1. The van der Waals surface area contributed by atoms with Crippen molar-refractivity contribution in [2.45, 2.75) is 38.3 Å². The molecule has 0 spiro atoms. The number of rotatable bonds is 4. The molecule has 0 aliphatic heterocycles. The highest BCUT2D eigenvalue weighted by Gasteiger charge is 2.36. The van der Waals surface area contributed by atoms with Crippen molar-refractivity contribution in [2.75, 3.05) is 12.4 Å². The monoisotopic (exact) mass is 289 g/mol. The first kappa shape index (κ1) is 13.5. The van der Waals surface area contributed by atoms with Crippen molar-refractivity contribution in [1.29, 1.82) is 0 Å². The van der Waals surface area contributed by atoms with Gasteiger partial charge < -0.3 is 10.1 Å². The Kier molecular flexibility index (Phi) is 3.48. The van der Waals surface area contributed by atoms with Gasteiger partial charge in [-0.05, 0) is 23.0 Å². The number of anilines is 1. The predicted octanol–water partition coefficient (Wildman–Crippen LogP) is 3.52. The fourth-order valence-corrected chi connectivity index (χ4v) is 3.55. The molecule has 1 unspecified atom stereocenters. The van der Waals surface area contributed by atoms with Crippen LogP contribution in [0.4, 0.5) is 5.13 Å². The van der Waals surface area contributed by atoms with Crippen molar-refractivity contribution in [1.82, 2.24) is 9.36 Å². The van der Waals surface area contributed by atoms with Crippen molar-refractivity contribution < 1.29 is 4.74 Å². The second kappa shape index (κ2) is 5.14. The molecule has 1 aliphatic rings. The minimum atomic E-state index is 0.203. The van der Waals surface area contributed by atoms with Crippen LogP contribution >= 0.6 is 11.5 Å². The van der Waals surface area contributed by atoms with E-state index in [2.05, 4.69) is 52.8 Å². The minimum Gasteiger partial charge on any atom is -0.377 e. The molecule has 20 heavy (non-hydrogen) atoms. The van der Waals surface area contributed by atoms with Gasteiger partial charge in [-0.15, -0.1) is 0 Å². The average molecular weight is 289 g/mol. The summed E-state index contributed by atoms with van der Waals surface area (Å²) in [7, 11) is 1.66. The van der Waals surface area contributed by atoms with Gasteiger partial charge in [-0.3, -0.25) is 0 Å². The number of aromatic nitrogens is 2. The second-order valence-electron chi connectivity index (χ2n) is 5.82. The van der Waals surface area contributed by atoms with Crippen LogP contribution in [0.25, 0.3) is 0 Å². The third-order valence-electron chi connectivity index (χ3n) is 3.82. The lowest BCUT2D eigenvalue weighted by atomic mass is 9.86. The van der Waals surface area contributed by atoms with E-state index < -0.39 is 0 Å². The SMILES string of the molecule is COCc1nsc(NC2CC(C)(C)c3ccccc32)n1. The normalized spacial score (nSPS) is 19.9. The number of nitrogens with one attached hydrogen (secondary N) is 1. The molecule has 1 N–H and O–H groups in total. The second-order valence-corrected chi connectivity index (χ2v) is 6.57. The van der Waals surface area contributed by atoms with Crippen molar-refractivity contribution >= 4 is 16.7 Å². The Morgan fingerprint density at radius 1 is 1.40 bits per heavy atom. The number of nitrogens with zero attached hydrogens (tertiary/aromatic N) is 2. The van der Waals surface area contributed by atoms with E-state index in [1.807, 2.05) is 0 Å². The standard InChI is InChI=1S/C15H19N3OS/c1-15(2)8-12(10-6-4-5-7-11(10)15)16-14-17-13(9-19-3)18-20-14/h4-7,12H,8-9H2,1-3H3,(H,16,17,18). The third kappa shape index (κ3) is 2.43. The zero-order valence-electron chi connectivity index (χ0n) is 12.0. The van der Waals surface area contributed by atoms with E-state index in [9.17, 15) is 0 Å². The van der Waals surface area contributed by atoms with Gasteiger partial charge in [0.1, 0.15) is 6.61 Å². The van der Waals surface area contributed by atoms with E-state index in [4.69, 9.17) is 4.74 Å². The molecule has 0 bridgehead atoms. The van der Waals surface area contributed by atoms with E-state index >= 15 is 0 Å². The van der Waals surface area contributed by atoms with Crippen LogP contribution in [0.3, 0.4) is 0 Å². The molecule has 2 aromatic rings. The van der Waals surface area contributed by atoms with E-state index in [0.29, 0.717) is 12.6 Å². The topological polar surface area (TPSA) is 47.0 Å². The van der Waals surface area contributed by atoms with Crippen molar-refractivity contribution in [2.24, 2.45) is 0 Å². The van der Waals surface area contributed by atoms with Crippen molar-refractivity contribution in [3.8, 4) is 0 Å². The predicted molar refractivity (Wildman–Crippen MR) is 81.1 cm³/mol. The Bertz CT molecular complexity index is 609. The molecular formula is C15H19N3OS. The Balaban J connectivity index is 1.82. The van der Waals surface area contributed by atoms with Crippen LogP contribution < -0.4 is 5.32 Å². The van der Waals surface area contributed by atoms with Gasteiger partial charge in [0.2, 0.25) is 5.13 Å². The summed E-state index contributed by atoms with van der Waals surface area (Å²) in [6.07, 6.45) is 1.07. The molecule has 3 rings (SSSR count). The van der Waals surface area contributed by atoms with Crippen LogP contribution in [0.1, 0.15) is 43.3 Å². The zero-order valence-corrected chi connectivity index (χ0v) is 12.8. The first-order valence-electron chi connectivity index (χ1n) is 6.77. The van der Waals surface area contributed by atoms with Crippen LogP contribution in [-0.2, 0) is 16.8 Å². The van der Waals surface area contributed by atoms with Gasteiger partial charge in [0, 0.05) is 18.6 Å². The molecular weight excluding hydrogens is 270 g/mol. The molecule has 1 atom stereocenters. The van der Waals surface area contributed by atoms with Crippen molar-refractivity contribution in [3.63, 3.8) is 0 Å². The van der Waals surface area contributed by atoms with Crippen LogP contribution in [-0.4, -0.2) is 16.5 Å². The Hall–Kier alpha value is -1.46. The Labute approximate surface area is 123 Å². The van der Waals surface area contributed by atoms with Crippen LogP contribution in [0.5, 0.6) is 0 Å². The quantitative estimate of drug-likeness (QED) is 0.935. The number of benzene rings is 1. The summed E-state index contributed by atoms with van der Waals surface area (Å²) in [6, 6.07) is 8.96. The van der Waals surface area contributed by atoms with Gasteiger partial charge in [0.15, 0.2) is 5.82 Å². The van der Waals surface area contributed by atoms with Gasteiger partial charge in [-0.25, -0.2) is 4.98 Å². The van der Waals surface area contributed by atoms with Crippen molar-refractivity contribution in [3.05, 3.63) is 41.2 Å². The Morgan fingerprint density at radius 3 is 3.00 bits per heavy atom. The van der Waals surface area contributed by atoms with Crippen LogP contribution in [0.2, 0.25) is 0 Å². The summed E-state index contributed by atoms with van der Waals surface area (Å²) in [4.78, 5) is 4.46. The highest BCUT2D eigenvalue weighted by atomic mass is 32.1. The molecule has 0 amide bonds. The number of hydrogen-bond donors (Lipinski definition) is 1. The Morgan fingerprint density at radius 2 is 2.20 bits per heavy atom. The summed E-state index contributed by atoms with van der Waals surface area (Å²) in [5.74, 6) is 0.741. The first-order valence-corrected chi connectivity index (χ1v) is 7.55. The minimum absolute atomic E-state index is 0.203. The molecule has 0 fully saturated rings. The van der Waals surface area contributed by atoms with Gasteiger partial charge in [0.05, 0.1) is 6.04 Å². The number of fused-ring (bicyclic) bond motifs is 1. The highest BCUT2D eigenvalue weighted by molar-refractivity contribution is 7.09. The van der Waals surface area contributed by atoms with Gasteiger partial charge in [0.25, 0.3) is 0 Å². The highest BCUT2D eigenvalue weighted by Crippen LogP contribution is 2.45. The molecule has 1 aromatic carbocycles. The molecule has 0 saturated heterocycles. The summed E-state index contributed by atoms with van der Waals surface area (Å²) >= 11 is 1.40. The fraction of sp³-hybridized carbons (Fsp3) is 0.467. The molecule has 106 valence electrons. The number of hydrogen-bond acceptors (Lipinski definition) is 5. The average Bonchev–Trinajstić information content (AvgIpc) is 2.95. The van der Waals surface area contributed by atoms with E-state index in [0.717, 1.165) is 17.4 Å². The van der Waals surface area contributed by atoms with Crippen LogP contribution in [0.15, 0.2) is 24.3 Å². The largest absolute Gasteiger partial charge is 0.377 e. The molecule has 1 heterocycles. The zero-order chi connectivity index (χ0) is 14.2. The van der Waals surface area contributed by atoms with Gasteiger partial charge in [-0.1, -0.05) is 38.1 Å². The summed E-state index contributed by atoms with van der Waals surface area (Å²) in [6.45, 7) is 5.05. The maximum Gasteiger partial charge on any atom is 0.203 e. The molecule has 0 saturated carbocycles. The summed E-state index contributed by atoms with van der Waals surface area (Å²) in [5, 5.41) is 4.39. The lowest BCUT2D eigenvalue weighted by molar-refractivity contribution is 0.179. The number of ether oxygens (including phenoxy) is 1. The first-order chi connectivity index (χ1) is 9.60. The smallest absolute Gasteiger partial charge is 0.203 e. The molecule has 1 aliphatic carbocycles. The summed E-state index contributed by atoms with van der Waals surface area (Å²) < 4.78 is 9.34. The maximum absolute atomic E-state index is 5.05. The maximum atomic E-state index is 5.05. The van der Waals surface area contributed by atoms with E-state index in [1.165, 1.54) is 22.7 Å². The lowest BCUT2D eigenvalue weighted by Gasteiger charge is -2.19. The molecule has 4 nitrogen and oxygen atoms in total. The third-order valence-corrected chi connectivity index (χ3v) is 4.50. The summed E-state index contributed by atoms with van der Waals surface area (Å²) in [5.41, 5.74) is 3.01.